The van der Waals surface area contributed by atoms with Crippen molar-refractivity contribution in [1.82, 2.24) is 4.57 Å². The Balaban J connectivity index is 1.96. The standard InChI is InChI=1S/C16H16N2O/c17-15-3-1-2-14-8-9-18(16(14)15)10-12-4-6-13(11-19)7-5-12/h1-9,19H,10-11,17H2. The summed E-state index contributed by atoms with van der Waals surface area (Å²) in [5.41, 5.74) is 10.0. The van der Waals surface area contributed by atoms with E-state index in [1.54, 1.807) is 0 Å². The quantitative estimate of drug-likeness (QED) is 0.704. The molecule has 0 unspecified atom stereocenters. The number of aliphatic hydroxyl groups is 1. The van der Waals surface area contributed by atoms with Crippen molar-refractivity contribution in [2.24, 2.45) is 0 Å². The van der Waals surface area contributed by atoms with E-state index in [-0.39, 0.29) is 6.61 Å². The molecule has 0 aliphatic heterocycles. The lowest BCUT2D eigenvalue weighted by Crippen LogP contribution is -2.00. The summed E-state index contributed by atoms with van der Waals surface area (Å²) in [4.78, 5) is 0. The van der Waals surface area contributed by atoms with Gasteiger partial charge in [0.25, 0.3) is 0 Å². The highest BCUT2D eigenvalue weighted by molar-refractivity contribution is 5.90. The summed E-state index contributed by atoms with van der Waals surface area (Å²) in [6.07, 6.45) is 2.06. The fourth-order valence-corrected chi connectivity index (χ4v) is 2.37. The van der Waals surface area contributed by atoms with Crippen LogP contribution in [0.5, 0.6) is 0 Å². The number of nitrogens with two attached hydrogens (primary N) is 1. The maximum Gasteiger partial charge on any atom is 0.0716 e. The molecule has 0 amide bonds. The van der Waals surface area contributed by atoms with Crippen molar-refractivity contribution < 1.29 is 5.11 Å². The van der Waals surface area contributed by atoms with Gasteiger partial charge in [-0.25, -0.2) is 0 Å². The number of rotatable bonds is 3. The van der Waals surface area contributed by atoms with Crippen LogP contribution >= 0.6 is 0 Å². The van der Waals surface area contributed by atoms with Crippen LogP contribution in [0, 0.1) is 0 Å². The highest BCUT2D eigenvalue weighted by Gasteiger charge is 2.04. The van der Waals surface area contributed by atoms with E-state index in [2.05, 4.69) is 22.9 Å². The zero-order chi connectivity index (χ0) is 13.2. The summed E-state index contributed by atoms with van der Waals surface area (Å²) in [6.45, 7) is 0.864. The molecule has 0 saturated heterocycles. The molecule has 0 aliphatic rings. The third kappa shape index (κ3) is 2.20. The molecular formula is C16H16N2O. The first-order valence-electron chi connectivity index (χ1n) is 6.30. The lowest BCUT2D eigenvalue weighted by molar-refractivity contribution is 0.282. The number of aromatic nitrogens is 1. The third-order valence-corrected chi connectivity index (χ3v) is 3.38. The average Bonchev–Trinajstić information content (AvgIpc) is 2.84. The van der Waals surface area contributed by atoms with Gasteiger partial charge in [-0.15, -0.1) is 0 Å². The Kier molecular flexibility index (Phi) is 2.97. The molecule has 0 bridgehead atoms. The number of nitrogen functional groups attached to an aromatic ring is 1. The monoisotopic (exact) mass is 252 g/mol. The van der Waals surface area contributed by atoms with Crippen LogP contribution in [0.15, 0.2) is 54.7 Å². The number of hydrogen-bond donors (Lipinski definition) is 2. The molecule has 1 aromatic heterocycles. The lowest BCUT2D eigenvalue weighted by atomic mass is 10.1. The van der Waals surface area contributed by atoms with E-state index in [0.29, 0.717) is 0 Å². The molecule has 0 fully saturated rings. The highest BCUT2D eigenvalue weighted by atomic mass is 16.3. The molecular weight excluding hydrogens is 236 g/mol. The minimum Gasteiger partial charge on any atom is -0.397 e. The van der Waals surface area contributed by atoms with Gasteiger partial charge < -0.3 is 15.4 Å². The normalized spacial score (nSPS) is 11.0. The van der Waals surface area contributed by atoms with Crippen molar-refractivity contribution in [2.75, 3.05) is 5.73 Å². The highest BCUT2D eigenvalue weighted by Crippen LogP contribution is 2.23. The van der Waals surface area contributed by atoms with Crippen LogP contribution < -0.4 is 5.73 Å². The van der Waals surface area contributed by atoms with Gasteiger partial charge in [0.05, 0.1) is 17.8 Å². The van der Waals surface area contributed by atoms with Crippen LogP contribution in [0.3, 0.4) is 0 Å². The third-order valence-electron chi connectivity index (χ3n) is 3.38. The van der Waals surface area contributed by atoms with Crippen LogP contribution in [0.2, 0.25) is 0 Å². The molecule has 0 radical (unpaired) electrons. The number of anilines is 1. The molecule has 2 aromatic carbocycles. The molecule has 3 nitrogen and oxygen atoms in total. The second-order valence-electron chi connectivity index (χ2n) is 4.70. The first-order valence-corrected chi connectivity index (χ1v) is 6.30. The second kappa shape index (κ2) is 4.78. The van der Waals surface area contributed by atoms with E-state index in [4.69, 9.17) is 10.8 Å². The van der Waals surface area contributed by atoms with Gasteiger partial charge in [0, 0.05) is 18.1 Å². The molecule has 3 rings (SSSR count). The Morgan fingerprint density at radius 3 is 2.42 bits per heavy atom. The van der Waals surface area contributed by atoms with Crippen molar-refractivity contribution in [3.63, 3.8) is 0 Å². The van der Waals surface area contributed by atoms with Gasteiger partial charge in [-0.05, 0) is 23.3 Å². The number of fused-ring (bicyclic) bond motifs is 1. The summed E-state index contributed by atoms with van der Waals surface area (Å²) < 4.78 is 2.15. The zero-order valence-corrected chi connectivity index (χ0v) is 10.6. The van der Waals surface area contributed by atoms with Gasteiger partial charge in [-0.1, -0.05) is 36.4 Å². The first kappa shape index (κ1) is 11.8. The molecule has 0 aliphatic carbocycles. The van der Waals surface area contributed by atoms with E-state index < -0.39 is 0 Å². The number of para-hydroxylation sites is 1. The number of benzene rings is 2. The topological polar surface area (TPSA) is 51.2 Å². The Morgan fingerprint density at radius 1 is 0.947 bits per heavy atom. The molecule has 19 heavy (non-hydrogen) atoms. The first-order chi connectivity index (χ1) is 9.28. The zero-order valence-electron chi connectivity index (χ0n) is 10.6. The molecule has 3 N–H and O–H groups in total. The smallest absolute Gasteiger partial charge is 0.0716 e. The van der Waals surface area contributed by atoms with Crippen molar-refractivity contribution in [3.05, 3.63) is 65.9 Å². The van der Waals surface area contributed by atoms with Crippen molar-refractivity contribution in [2.45, 2.75) is 13.2 Å². The van der Waals surface area contributed by atoms with Gasteiger partial charge in [-0.2, -0.15) is 0 Å². The molecule has 0 saturated carbocycles. The maximum absolute atomic E-state index is 9.04. The van der Waals surface area contributed by atoms with E-state index in [1.165, 1.54) is 5.56 Å². The van der Waals surface area contributed by atoms with Crippen molar-refractivity contribution in [3.8, 4) is 0 Å². The maximum atomic E-state index is 9.04. The Labute approximate surface area is 111 Å². The van der Waals surface area contributed by atoms with Crippen molar-refractivity contribution >= 4 is 16.6 Å². The number of hydrogen-bond acceptors (Lipinski definition) is 2. The molecule has 96 valence electrons. The van der Waals surface area contributed by atoms with Gasteiger partial charge in [0.15, 0.2) is 0 Å². The summed E-state index contributed by atoms with van der Waals surface area (Å²) in [6, 6.07) is 16.0. The van der Waals surface area contributed by atoms with Crippen LogP contribution in [0.1, 0.15) is 11.1 Å². The summed E-state index contributed by atoms with van der Waals surface area (Å²) in [5.74, 6) is 0. The summed E-state index contributed by atoms with van der Waals surface area (Å²) >= 11 is 0. The van der Waals surface area contributed by atoms with Gasteiger partial charge >= 0.3 is 0 Å². The van der Waals surface area contributed by atoms with E-state index in [0.717, 1.165) is 28.7 Å². The van der Waals surface area contributed by atoms with Crippen LogP contribution in [-0.4, -0.2) is 9.67 Å². The number of aliphatic hydroxyl groups excluding tert-OH is 1. The minimum atomic E-state index is 0.0830. The fraction of sp³-hybridized carbons (Fsp3) is 0.125. The lowest BCUT2D eigenvalue weighted by Gasteiger charge is -2.08. The largest absolute Gasteiger partial charge is 0.397 e. The van der Waals surface area contributed by atoms with Crippen LogP contribution in [-0.2, 0) is 13.2 Å². The predicted molar refractivity (Wildman–Crippen MR) is 77.8 cm³/mol. The SMILES string of the molecule is Nc1cccc2ccn(Cc3ccc(CO)cc3)c12. The fourth-order valence-electron chi connectivity index (χ4n) is 2.37. The van der Waals surface area contributed by atoms with Gasteiger partial charge in [0.2, 0.25) is 0 Å². The Morgan fingerprint density at radius 2 is 1.68 bits per heavy atom. The molecule has 3 aromatic rings. The average molecular weight is 252 g/mol. The molecule has 1 heterocycles. The van der Waals surface area contributed by atoms with Crippen molar-refractivity contribution in [1.29, 1.82) is 0 Å². The molecule has 3 heteroatoms. The number of nitrogens with zero attached hydrogens (tertiary/aromatic N) is 1. The Hall–Kier alpha value is -2.26. The van der Waals surface area contributed by atoms with Crippen LogP contribution in [0.25, 0.3) is 10.9 Å². The van der Waals surface area contributed by atoms with E-state index in [1.807, 2.05) is 36.4 Å². The predicted octanol–water partition coefficient (Wildman–Crippen LogP) is 2.76. The van der Waals surface area contributed by atoms with Gasteiger partial charge in [0.1, 0.15) is 0 Å². The molecule has 0 atom stereocenters. The summed E-state index contributed by atoms with van der Waals surface area (Å²) in [7, 11) is 0. The Bertz CT molecular complexity index is 698. The minimum absolute atomic E-state index is 0.0830. The summed E-state index contributed by atoms with van der Waals surface area (Å²) in [5, 5.41) is 10.2. The van der Waals surface area contributed by atoms with Crippen LogP contribution in [0.4, 0.5) is 5.69 Å². The second-order valence-corrected chi connectivity index (χ2v) is 4.70. The molecule has 0 spiro atoms. The van der Waals surface area contributed by atoms with E-state index >= 15 is 0 Å². The van der Waals surface area contributed by atoms with E-state index in [9.17, 15) is 0 Å². The van der Waals surface area contributed by atoms with Gasteiger partial charge in [-0.3, -0.25) is 0 Å².